The number of hydrogen-bond acceptors (Lipinski definition) is 4. The largest absolute Gasteiger partial charge is 0.349 e. The van der Waals surface area contributed by atoms with Crippen molar-refractivity contribution >= 4 is 16.6 Å². The number of aryl methyl sites for hydroxylation is 1. The summed E-state index contributed by atoms with van der Waals surface area (Å²) in [6, 6.07) is 8.50. The molecule has 2 fully saturated rings. The third kappa shape index (κ3) is 1.78. The van der Waals surface area contributed by atoms with Gasteiger partial charge in [-0.2, -0.15) is 5.10 Å². The van der Waals surface area contributed by atoms with Gasteiger partial charge in [0, 0.05) is 35.9 Å². The summed E-state index contributed by atoms with van der Waals surface area (Å²) >= 11 is 0. The fourth-order valence-corrected chi connectivity index (χ4v) is 4.20. The van der Waals surface area contributed by atoms with Crippen LogP contribution in [0.3, 0.4) is 0 Å². The van der Waals surface area contributed by atoms with E-state index in [9.17, 15) is 0 Å². The fraction of sp³-hybridized carbons (Fsp3) is 0.529. The molecule has 2 unspecified atom stereocenters. The molecule has 1 aromatic heterocycles. The zero-order valence-electron chi connectivity index (χ0n) is 12.9. The van der Waals surface area contributed by atoms with Crippen LogP contribution in [0.2, 0.25) is 0 Å². The Labute approximate surface area is 125 Å². The lowest BCUT2D eigenvalue weighted by Gasteiger charge is -2.36. The number of aromatic nitrogens is 2. The molecule has 0 aliphatic carbocycles. The van der Waals surface area contributed by atoms with Crippen LogP contribution < -0.4 is 10.2 Å². The van der Waals surface area contributed by atoms with E-state index in [1.165, 1.54) is 10.8 Å². The van der Waals surface area contributed by atoms with Crippen LogP contribution in [0.1, 0.15) is 19.5 Å². The predicted molar refractivity (Wildman–Crippen MR) is 85.5 cm³/mol. The summed E-state index contributed by atoms with van der Waals surface area (Å²) in [5, 5.41) is 15.0. The molecule has 1 aromatic carbocycles. The highest BCUT2D eigenvalue weighted by Gasteiger charge is 2.50. The van der Waals surface area contributed by atoms with Gasteiger partial charge in [0.1, 0.15) is 0 Å². The van der Waals surface area contributed by atoms with E-state index in [0.29, 0.717) is 5.92 Å². The SMILES string of the molecule is Cc1nnc(N2CC3CNCC3C2(C)C)c2ccccc12. The monoisotopic (exact) mass is 282 g/mol. The van der Waals surface area contributed by atoms with Crippen molar-refractivity contribution in [1.29, 1.82) is 0 Å². The molecule has 2 aliphatic rings. The van der Waals surface area contributed by atoms with E-state index in [1.807, 2.05) is 6.92 Å². The molecule has 2 aromatic rings. The van der Waals surface area contributed by atoms with Crippen LogP contribution in [-0.4, -0.2) is 35.4 Å². The topological polar surface area (TPSA) is 41.1 Å². The molecule has 4 nitrogen and oxygen atoms in total. The first-order chi connectivity index (χ1) is 10.1. The summed E-state index contributed by atoms with van der Waals surface area (Å²) in [5.74, 6) is 2.47. The van der Waals surface area contributed by atoms with E-state index in [0.717, 1.165) is 37.1 Å². The normalized spacial score (nSPS) is 27.3. The number of fused-ring (bicyclic) bond motifs is 2. The Morgan fingerprint density at radius 3 is 2.67 bits per heavy atom. The summed E-state index contributed by atoms with van der Waals surface area (Å²) in [6.45, 7) is 10.1. The van der Waals surface area contributed by atoms with E-state index in [1.54, 1.807) is 0 Å². The van der Waals surface area contributed by atoms with Crippen molar-refractivity contribution in [1.82, 2.24) is 15.5 Å². The van der Waals surface area contributed by atoms with E-state index < -0.39 is 0 Å². The van der Waals surface area contributed by atoms with Crippen LogP contribution in [0, 0.1) is 18.8 Å². The van der Waals surface area contributed by atoms with Crippen molar-refractivity contribution < 1.29 is 0 Å². The number of rotatable bonds is 1. The molecule has 110 valence electrons. The van der Waals surface area contributed by atoms with Crippen LogP contribution in [0.4, 0.5) is 5.82 Å². The van der Waals surface area contributed by atoms with Crippen molar-refractivity contribution in [3.63, 3.8) is 0 Å². The number of nitrogens with one attached hydrogen (secondary N) is 1. The minimum Gasteiger partial charge on any atom is -0.349 e. The molecule has 1 N–H and O–H groups in total. The Bertz CT molecular complexity index is 694. The zero-order chi connectivity index (χ0) is 14.6. The van der Waals surface area contributed by atoms with Gasteiger partial charge in [-0.25, -0.2) is 0 Å². The van der Waals surface area contributed by atoms with Crippen LogP contribution in [0.25, 0.3) is 10.8 Å². The molecule has 2 saturated heterocycles. The molecule has 2 atom stereocenters. The maximum absolute atomic E-state index is 4.57. The highest BCUT2D eigenvalue weighted by atomic mass is 15.3. The molecule has 0 radical (unpaired) electrons. The summed E-state index contributed by atoms with van der Waals surface area (Å²) < 4.78 is 0. The van der Waals surface area contributed by atoms with Crippen molar-refractivity contribution in [2.24, 2.45) is 11.8 Å². The first-order valence-electron chi connectivity index (χ1n) is 7.79. The van der Waals surface area contributed by atoms with Crippen molar-refractivity contribution in [2.45, 2.75) is 26.3 Å². The van der Waals surface area contributed by atoms with E-state index in [2.05, 4.69) is 58.5 Å². The van der Waals surface area contributed by atoms with Crippen molar-refractivity contribution in [2.75, 3.05) is 24.5 Å². The molecular formula is C17H22N4. The molecule has 0 bridgehead atoms. The first-order valence-corrected chi connectivity index (χ1v) is 7.79. The van der Waals surface area contributed by atoms with Crippen molar-refractivity contribution in [3.8, 4) is 0 Å². The summed E-state index contributed by atoms with van der Waals surface area (Å²) in [5.41, 5.74) is 1.13. The Balaban J connectivity index is 1.86. The second kappa shape index (κ2) is 4.41. The number of hydrogen-bond donors (Lipinski definition) is 1. The van der Waals surface area contributed by atoms with Crippen molar-refractivity contribution in [3.05, 3.63) is 30.0 Å². The second-order valence-electron chi connectivity index (χ2n) is 6.94. The average molecular weight is 282 g/mol. The molecule has 0 spiro atoms. The van der Waals surface area contributed by atoms with Crippen LogP contribution in [-0.2, 0) is 0 Å². The smallest absolute Gasteiger partial charge is 0.159 e. The number of benzene rings is 1. The minimum absolute atomic E-state index is 0.126. The summed E-state index contributed by atoms with van der Waals surface area (Å²) in [7, 11) is 0. The second-order valence-corrected chi connectivity index (χ2v) is 6.94. The molecule has 3 heterocycles. The Morgan fingerprint density at radius 2 is 1.90 bits per heavy atom. The van der Waals surface area contributed by atoms with Gasteiger partial charge in [-0.3, -0.25) is 0 Å². The van der Waals surface area contributed by atoms with Gasteiger partial charge in [0.2, 0.25) is 0 Å². The lowest BCUT2D eigenvalue weighted by atomic mass is 9.85. The van der Waals surface area contributed by atoms with Gasteiger partial charge in [0.15, 0.2) is 5.82 Å². The summed E-state index contributed by atoms with van der Waals surface area (Å²) in [6.07, 6.45) is 0. The van der Waals surface area contributed by atoms with Crippen LogP contribution in [0.15, 0.2) is 24.3 Å². The molecule has 0 amide bonds. The van der Waals surface area contributed by atoms with E-state index >= 15 is 0 Å². The Hall–Kier alpha value is -1.68. The molecule has 4 heteroatoms. The zero-order valence-corrected chi connectivity index (χ0v) is 12.9. The van der Waals surface area contributed by atoms with Gasteiger partial charge in [-0.15, -0.1) is 5.10 Å². The quantitative estimate of drug-likeness (QED) is 0.872. The Kier molecular flexibility index (Phi) is 2.73. The standard InChI is InChI=1S/C17H22N4/c1-11-13-6-4-5-7-14(13)16(20-19-11)21-10-12-8-18-9-15(12)17(21,2)3/h4-7,12,15,18H,8-10H2,1-3H3. The van der Waals surface area contributed by atoms with E-state index in [4.69, 9.17) is 0 Å². The van der Waals surface area contributed by atoms with Gasteiger partial charge >= 0.3 is 0 Å². The van der Waals surface area contributed by atoms with Crippen LogP contribution in [0.5, 0.6) is 0 Å². The third-order valence-electron chi connectivity index (χ3n) is 5.47. The summed E-state index contributed by atoms with van der Waals surface area (Å²) in [4.78, 5) is 2.48. The molecule has 4 rings (SSSR count). The maximum atomic E-state index is 4.57. The average Bonchev–Trinajstić information content (AvgIpc) is 3.03. The number of nitrogens with zero attached hydrogens (tertiary/aromatic N) is 3. The lowest BCUT2D eigenvalue weighted by Crippen LogP contribution is -2.45. The third-order valence-corrected chi connectivity index (χ3v) is 5.47. The predicted octanol–water partition coefficient (Wildman–Crippen LogP) is 2.37. The van der Waals surface area contributed by atoms with Gasteiger partial charge in [0.25, 0.3) is 0 Å². The fourth-order valence-electron chi connectivity index (χ4n) is 4.20. The van der Waals surface area contributed by atoms with Crippen LogP contribution >= 0.6 is 0 Å². The van der Waals surface area contributed by atoms with Gasteiger partial charge in [-0.05, 0) is 32.6 Å². The highest BCUT2D eigenvalue weighted by molar-refractivity contribution is 5.93. The van der Waals surface area contributed by atoms with E-state index in [-0.39, 0.29) is 5.54 Å². The minimum atomic E-state index is 0.126. The Morgan fingerprint density at radius 1 is 1.14 bits per heavy atom. The molecule has 2 aliphatic heterocycles. The van der Waals surface area contributed by atoms with Gasteiger partial charge in [0.05, 0.1) is 5.69 Å². The molecule has 0 saturated carbocycles. The number of anilines is 1. The van der Waals surface area contributed by atoms with Gasteiger partial charge in [-0.1, -0.05) is 24.3 Å². The molecule has 21 heavy (non-hydrogen) atoms. The lowest BCUT2D eigenvalue weighted by molar-refractivity contribution is 0.356. The first kappa shape index (κ1) is 13.0. The van der Waals surface area contributed by atoms with Gasteiger partial charge < -0.3 is 10.2 Å². The highest BCUT2D eigenvalue weighted by Crippen LogP contribution is 2.44. The molecular weight excluding hydrogens is 260 g/mol. The maximum Gasteiger partial charge on any atom is 0.159 e.